The predicted octanol–water partition coefficient (Wildman–Crippen LogP) is 3.59. The number of nitrogens with zero attached hydrogens (tertiary/aromatic N) is 2. The van der Waals surface area contributed by atoms with Crippen molar-refractivity contribution in [3.05, 3.63) is 71.2 Å². The molecule has 3 aromatic rings. The summed E-state index contributed by atoms with van der Waals surface area (Å²) in [4.78, 5) is 16.6. The molecule has 0 bridgehead atoms. The van der Waals surface area contributed by atoms with Gasteiger partial charge in [-0.05, 0) is 44.4 Å². The number of imidazole rings is 1. The minimum atomic E-state index is 0.0902. The van der Waals surface area contributed by atoms with Gasteiger partial charge in [0.15, 0.2) is 0 Å². The summed E-state index contributed by atoms with van der Waals surface area (Å²) in [7, 11) is 0. The fourth-order valence-corrected chi connectivity index (χ4v) is 2.86. The van der Waals surface area contributed by atoms with E-state index in [-0.39, 0.29) is 5.91 Å². The molecule has 0 saturated heterocycles. The molecule has 4 nitrogen and oxygen atoms in total. The van der Waals surface area contributed by atoms with Crippen molar-refractivity contribution in [1.29, 1.82) is 0 Å². The Hall–Kier alpha value is -2.62. The topological polar surface area (TPSA) is 46.4 Å². The van der Waals surface area contributed by atoms with Gasteiger partial charge in [-0.2, -0.15) is 0 Å². The molecule has 1 amide bonds. The summed E-state index contributed by atoms with van der Waals surface area (Å²) in [5, 5.41) is 3.01. The number of hydrogen-bond acceptors (Lipinski definition) is 2. The normalized spacial score (nSPS) is 10.9. The standard InChI is InChI=1S/C20H23N3O/c1-15-9-11-17(12-10-15)6-5-8-20(24)21-14-18-16(2)22-19-7-3-4-13-23(18)19/h3-4,7,9-13H,5-6,8,14H2,1-2H3,(H,21,24). The highest BCUT2D eigenvalue weighted by atomic mass is 16.1. The number of nitrogens with one attached hydrogen (secondary N) is 1. The molecule has 0 aliphatic heterocycles. The lowest BCUT2D eigenvalue weighted by molar-refractivity contribution is -0.121. The molecular formula is C20H23N3O. The van der Waals surface area contributed by atoms with E-state index in [2.05, 4.69) is 41.5 Å². The van der Waals surface area contributed by atoms with Crippen LogP contribution in [0.15, 0.2) is 48.7 Å². The number of aromatic nitrogens is 2. The molecule has 0 aliphatic rings. The Bertz CT molecular complexity index is 834. The highest BCUT2D eigenvalue weighted by Crippen LogP contribution is 2.12. The van der Waals surface area contributed by atoms with Gasteiger partial charge in [-0.25, -0.2) is 4.98 Å². The maximum absolute atomic E-state index is 12.1. The van der Waals surface area contributed by atoms with Crippen molar-refractivity contribution in [3.63, 3.8) is 0 Å². The van der Waals surface area contributed by atoms with Gasteiger partial charge in [-0.15, -0.1) is 0 Å². The summed E-state index contributed by atoms with van der Waals surface area (Å²) in [5.41, 5.74) is 5.46. The van der Waals surface area contributed by atoms with Crippen molar-refractivity contribution in [1.82, 2.24) is 14.7 Å². The summed E-state index contributed by atoms with van der Waals surface area (Å²) in [5.74, 6) is 0.0902. The molecule has 0 fully saturated rings. The largest absolute Gasteiger partial charge is 0.350 e. The quantitative estimate of drug-likeness (QED) is 0.754. The zero-order chi connectivity index (χ0) is 16.9. The molecule has 0 radical (unpaired) electrons. The number of fused-ring (bicyclic) bond motifs is 1. The van der Waals surface area contributed by atoms with E-state index in [0.717, 1.165) is 29.9 Å². The van der Waals surface area contributed by atoms with Crippen molar-refractivity contribution in [3.8, 4) is 0 Å². The lowest BCUT2D eigenvalue weighted by atomic mass is 10.1. The summed E-state index contributed by atoms with van der Waals surface area (Å²) >= 11 is 0. The lowest BCUT2D eigenvalue weighted by Crippen LogP contribution is -2.23. The summed E-state index contributed by atoms with van der Waals surface area (Å²) in [6.07, 6.45) is 4.32. The van der Waals surface area contributed by atoms with E-state index < -0.39 is 0 Å². The van der Waals surface area contributed by atoms with E-state index in [0.29, 0.717) is 13.0 Å². The van der Waals surface area contributed by atoms with E-state index in [1.165, 1.54) is 11.1 Å². The monoisotopic (exact) mass is 321 g/mol. The Morgan fingerprint density at radius 3 is 2.71 bits per heavy atom. The van der Waals surface area contributed by atoms with Crippen molar-refractivity contribution >= 4 is 11.6 Å². The van der Waals surface area contributed by atoms with E-state index in [4.69, 9.17) is 0 Å². The highest BCUT2D eigenvalue weighted by Gasteiger charge is 2.09. The molecule has 24 heavy (non-hydrogen) atoms. The maximum atomic E-state index is 12.1. The third-order valence-electron chi connectivity index (χ3n) is 4.27. The number of amides is 1. The van der Waals surface area contributed by atoms with Crippen LogP contribution in [0, 0.1) is 13.8 Å². The Labute approximate surface area is 142 Å². The smallest absolute Gasteiger partial charge is 0.220 e. The van der Waals surface area contributed by atoms with Crippen LogP contribution < -0.4 is 5.32 Å². The van der Waals surface area contributed by atoms with Gasteiger partial charge in [0.25, 0.3) is 0 Å². The average molecular weight is 321 g/mol. The van der Waals surface area contributed by atoms with Gasteiger partial charge in [-0.3, -0.25) is 4.79 Å². The zero-order valence-corrected chi connectivity index (χ0v) is 14.2. The third-order valence-corrected chi connectivity index (χ3v) is 4.27. The van der Waals surface area contributed by atoms with Crippen LogP contribution in [0.3, 0.4) is 0 Å². The van der Waals surface area contributed by atoms with Gasteiger partial charge < -0.3 is 9.72 Å². The summed E-state index contributed by atoms with van der Waals surface area (Å²) in [6.45, 7) is 4.58. The fourth-order valence-electron chi connectivity index (χ4n) is 2.86. The fraction of sp³-hybridized carbons (Fsp3) is 0.300. The van der Waals surface area contributed by atoms with Crippen molar-refractivity contribution < 1.29 is 4.79 Å². The van der Waals surface area contributed by atoms with E-state index in [1.54, 1.807) is 0 Å². The molecule has 1 N–H and O–H groups in total. The van der Waals surface area contributed by atoms with Crippen LogP contribution in [0.25, 0.3) is 5.65 Å². The number of carbonyl (C=O) groups is 1. The molecule has 124 valence electrons. The molecule has 1 aromatic carbocycles. The molecule has 0 atom stereocenters. The van der Waals surface area contributed by atoms with Gasteiger partial charge in [-0.1, -0.05) is 35.9 Å². The van der Waals surface area contributed by atoms with Crippen molar-refractivity contribution in [2.75, 3.05) is 0 Å². The number of pyridine rings is 1. The molecule has 0 spiro atoms. The molecule has 0 unspecified atom stereocenters. The zero-order valence-electron chi connectivity index (χ0n) is 14.2. The molecule has 0 aliphatic carbocycles. The van der Waals surface area contributed by atoms with Gasteiger partial charge in [0.1, 0.15) is 5.65 Å². The summed E-state index contributed by atoms with van der Waals surface area (Å²) < 4.78 is 2.03. The lowest BCUT2D eigenvalue weighted by Gasteiger charge is -2.07. The van der Waals surface area contributed by atoms with Crippen molar-refractivity contribution in [2.24, 2.45) is 0 Å². The first-order valence-corrected chi connectivity index (χ1v) is 8.38. The van der Waals surface area contributed by atoms with Crippen LogP contribution in [-0.2, 0) is 17.8 Å². The second kappa shape index (κ2) is 7.30. The van der Waals surface area contributed by atoms with E-state index in [9.17, 15) is 4.79 Å². The van der Waals surface area contributed by atoms with Crippen molar-refractivity contribution in [2.45, 2.75) is 39.7 Å². The average Bonchev–Trinajstić information content (AvgIpc) is 2.90. The number of hydrogen-bond donors (Lipinski definition) is 1. The molecule has 3 rings (SSSR count). The second-order valence-corrected chi connectivity index (χ2v) is 6.19. The van der Waals surface area contributed by atoms with E-state index in [1.807, 2.05) is 35.7 Å². The molecular weight excluding hydrogens is 298 g/mol. The number of benzene rings is 1. The highest BCUT2D eigenvalue weighted by molar-refractivity contribution is 5.75. The van der Waals surface area contributed by atoms with Gasteiger partial charge in [0.05, 0.1) is 17.9 Å². The molecule has 0 saturated carbocycles. The minimum absolute atomic E-state index is 0.0902. The van der Waals surface area contributed by atoms with Crippen LogP contribution in [0.5, 0.6) is 0 Å². The first-order valence-electron chi connectivity index (χ1n) is 8.38. The predicted molar refractivity (Wildman–Crippen MR) is 95.9 cm³/mol. The van der Waals surface area contributed by atoms with Crippen LogP contribution >= 0.6 is 0 Å². The SMILES string of the molecule is Cc1ccc(CCCC(=O)NCc2c(C)nc3ccccn23)cc1. The van der Waals surface area contributed by atoms with Gasteiger partial charge in [0, 0.05) is 12.6 Å². The first-order chi connectivity index (χ1) is 11.6. The Balaban J connectivity index is 1.50. The number of rotatable bonds is 6. The Morgan fingerprint density at radius 1 is 1.12 bits per heavy atom. The summed E-state index contributed by atoms with van der Waals surface area (Å²) in [6, 6.07) is 14.4. The Morgan fingerprint density at radius 2 is 1.92 bits per heavy atom. The number of aryl methyl sites for hydroxylation is 3. The Kier molecular flexibility index (Phi) is 4.94. The third kappa shape index (κ3) is 3.82. The van der Waals surface area contributed by atoms with E-state index >= 15 is 0 Å². The first kappa shape index (κ1) is 16.2. The second-order valence-electron chi connectivity index (χ2n) is 6.19. The van der Waals surface area contributed by atoms with Gasteiger partial charge in [0.2, 0.25) is 5.91 Å². The number of carbonyl (C=O) groups excluding carboxylic acids is 1. The molecule has 2 aromatic heterocycles. The van der Waals surface area contributed by atoms with Crippen LogP contribution in [0.4, 0.5) is 0 Å². The molecule has 2 heterocycles. The minimum Gasteiger partial charge on any atom is -0.350 e. The maximum Gasteiger partial charge on any atom is 0.220 e. The van der Waals surface area contributed by atoms with Gasteiger partial charge >= 0.3 is 0 Å². The molecule has 4 heteroatoms. The van der Waals surface area contributed by atoms with Crippen LogP contribution in [0.1, 0.15) is 35.4 Å². The van der Waals surface area contributed by atoms with Crippen LogP contribution in [-0.4, -0.2) is 15.3 Å². The van der Waals surface area contributed by atoms with Crippen LogP contribution in [0.2, 0.25) is 0 Å².